The molecule has 0 aliphatic carbocycles. The molecule has 94 valence electrons. The van der Waals surface area contributed by atoms with Gasteiger partial charge < -0.3 is 5.32 Å². The fourth-order valence-electron chi connectivity index (χ4n) is 1.93. The normalized spacial score (nSPS) is 12.4. The summed E-state index contributed by atoms with van der Waals surface area (Å²) >= 11 is 5.98. The van der Waals surface area contributed by atoms with Crippen LogP contribution in [0.2, 0.25) is 5.02 Å². The molecule has 2 aromatic rings. The molecule has 0 heterocycles. The number of hydrogen-bond acceptors (Lipinski definition) is 1. The minimum Gasteiger partial charge on any atom is -0.309 e. The maximum atomic E-state index is 13.9. The van der Waals surface area contributed by atoms with E-state index in [1.54, 1.807) is 7.05 Å². The summed E-state index contributed by atoms with van der Waals surface area (Å²) in [6.45, 7) is 0. The molecule has 18 heavy (non-hydrogen) atoms. The second-order valence-electron chi connectivity index (χ2n) is 3.89. The molecule has 4 heteroatoms. The van der Waals surface area contributed by atoms with Gasteiger partial charge in [0, 0.05) is 10.6 Å². The van der Waals surface area contributed by atoms with Crippen LogP contribution >= 0.6 is 11.6 Å². The van der Waals surface area contributed by atoms with Gasteiger partial charge in [-0.1, -0.05) is 41.9 Å². The van der Waals surface area contributed by atoms with Crippen LogP contribution in [0.5, 0.6) is 0 Å². The maximum absolute atomic E-state index is 13.9. The quantitative estimate of drug-likeness (QED) is 0.831. The van der Waals surface area contributed by atoms with Crippen LogP contribution in [0.25, 0.3) is 0 Å². The zero-order chi connectivity index (χ0) is 13.1. The number of halogens is 3. The molecule has 0 saturated heterocycles. The van der Waals surface area contributed by atoms with E-state index in [1.807, 2.05) is 30.3 Å². The van der Waals surface area contributed by atoms with Crippen molar-refractivity contribution >= 4 is 11.6 Å². The molecule has 0 aliphatic heterocycles. The van der Waals surface area contributed by atoms with Crippen molar-refractivity contribution in [2.75, 3.05) is 7.05 Å². The first-order valence-corrected chi connectivity index (χ1v) is 5.88. The summed E-state index contributed by atoms with van der Waals surface area (Å²) in [6.07, 6.45) is 0. The van der Waals surface area contributed by atoms with Gasteiger partial charge in [-0.15, -0.1) is 0 Å². The highest BCUT2D eigenvalue weighted by atomic mass is 35.5. The van der Waals surface area contributed by atoms with Crippen molar-refractivity contribution in [3.05, 3.63) is 70.2 Å². The molecule has 1 nitrogen and oxygen atoms in total. The van der Waals surface area contributed by atoms with Gasteiger partial charge in [0.05, 0.1) is 6.04 Å². The number of benzene rings is 2. The van der Waals surface area contributed by atoms with E-state index in [1.165, 1.54) is 6.07 Å². The Bertz CT molecular complexity index is 543. The molecule has 1 N–H and O–H groups in total. The van der Waals surface area contributed by atoms with Crippen LogP contribution in [0.4, 0.5) is 8.78 Å². The predicted octanol–water partition coefficient (Wildman–Crippen LogP) is 3.93. The monoisotopic (exact) mass is 267 g/mol. The molecule has 0 amide bonds. The zero-order valence-electron chi connectivity index (χ0n) is 9.75. The van der Waals surface area contributed by atoms with E-state index in [0.717, 1.165) is 11.6 Å². The topological polar surface area (TPSA) is 12.0 Å². The fourth-order valence-corrected chi connectivity index (χ4v) is 2.19. The third kappa shape index (κ3) is 2.37. The SMILES string of the molecule is CNC(c1ccccc1)c1c(Cl)ccc(F)c1F. The molecule has 0 spiro atoms. The van der Waals surface area contributed by atoms with Gasteiger partial charge in [-0.2, -0.15) is 0 Å². The van der Waals surface area contributed by atoms with Crippen molar-refractivity contribution in [2.24, 2.45) is 0 Å². The van der Waals surface area contributed by atoms with Gasteiger partial charge in [-0.3, -0.25) is 0 Å². The van der Waals surface area contributed by atoms with Crippen LogP contribution in [0.15, 0.2) is 42.5 Å². The minimum atomic E-state index is -0.911. The van der Waals surface area contributed by atoms with E-state index >= 15 is 0 Å². The third-order valence-electron chi connectivity index (χ3n) is 2.79. The lowest BCUT2D eigenvalue weighted by atomic mass is 9.98. The largest absolute Gasteiger partial charge is 0.309 e. The van der Waals surface area contributed by atoms with Gasteiger partial charge in [0.25, 0.3) is 0 Å². The number of nitrogens with one attached hydrogen (secondary N) is 1. The Labute approximate surface area is 109 Å². The smallest absolute Gasteiger partial charge is 0.165 e. The van der Waals surface area contributed by atoms with Gasteiger partial charge in [0.1, 0.15) is 0 Å². The average molecular weight is 268 g/mol. The van der Waals surface area contributed by atoms with Crippen molar-refractivity contribution in [3.8, 4) is 0 Å². The summed E-state index contributed by atoms with van der Waals surface area (Å²) in [5.74, 6) is -1.81. The average Bonchev–Trinajstić information content (AvgIpc) is 2.40. The highest BCUT2D eigenvalue weighted by molar-refractivity contribution is 6.31. The highest BCUT2D eigenvalue weighted by Crippen LogP contribution is 2.31. The van der Waals surface area contributed by atoms with E-state index < -0.39 is 17.7 Å². The molecular formula is C14H12ClF2N. The van der Waals surface area contributed by atoms with Crippen LogP contribution in [0.3, 0.4) is 0 Å². The second kappa shape index (κ2) is 5.46. The van der Waals surface area contributed by atoms with Crippen LogP contribution in [-0.4, -0.2) is 7.05 Å². The Balaban J connectivity index is 2.56. The van der Waals surface area contributed by atoms with Crippen LogP contribution in [0.1, 0.15) is 17.2 Å². The summed E-state index contributed by atoms with van der Waals surface area (Å²) in [5, 5.41) is 3.16. The lowest BCUT2D eigenvalue weighted by Crippen LogP contribution is -2.20. The predicted molar refractivity (Wildman–Crippen MR) is 68.7 cm³/mol. The summed E-state index contributed by atoms with van der Waals surface area (Å²) < 4.78 is 27.2. The van der Waals surface area contributed by atoms with Crippen LogP contribution in [-0.2, 0) is 0 Å². The number of hydrogen-bond donors (Lipinski definition) is 1. The standard InChI is InChI=1S/C14H12ClF2N/c1-18-14(9-5-3-2-4-6-9)12-10(15)7-8-11(16)13(12)17/h2-8,14,18H,1H3. The molecule has 2 aromatic carbocycles. The fraction of sp³-hybridized carbons (Fsp3) is 0.143. The van der Waals surface area contributed by atoms with Crippen LogP contribution < -0.4 is 5.32 Å². The Morgan fingerprint density at radius 2 is 1.72 bits per heavy atom. The lowest BCUT2D eigenvalue weighted by Gasteiger charge is -2.19. The third-order valence-corrected chi connectivity index (χ3v) is 3.12. The molecule has 2 rings (SSSR count). The molecule has 0 saturated carbocycles. The van der Waals surface area contributed by atoms with E-state index in [4.69, 9.17) is 11.6 Å². The molecular weight excluding hydrogens is 256 g/mol. The lowest BCUT2D eigenvalue weighted by molar-refractivity contribution is 0.487. The Morgan fingerprint density at radius 3 is 2.33 bits per heavy atom. The zero-order valence-corrected chi connectivity index (χ0v) is 10.5. The molecule has 0 fully saturated rings. The molecule has 0 aliphatic rings. The van der Waals surface area contributed by atoms with Crippen molar-refractivity contribution in [3.63, 3.8) is 0 Å². The summed E-state index contributed by atoms with van der Waals surface area (Å²) in [4.78, 5) is 0. The Hall–Kier alpha value is -1.45. The summed E-state index contributed by atoms with van der Waals surface area (Å²) in [7, 11) is 1.68. The minimum absolute atomic E-state index is 0.130. The van der Waals surface area contributed by atoms with Crippen LogP contribution in [0, 0.1) is 11.6 Å². The maximum Gasteiger partial charge on any atom is 0.165 e. The van der Waals surface area contributed by atoms with Gasteiger partial charge >= 0.3 is 0 Å². The van der Waals surface area contributed by atoms with Crippen molar-refractivity contribution in [1.82, 2.24) is 5.32 Å². The van der Waals surface area contributed by atoms with Gasteiger partial charge in [0.15, 0.2) is 11.6 Å². The van der Waals surface area contributed by atoms with E-state index in [2.05, 4.69) is 5.32 Å². The van der Waals surface area contributed by atoms with E-state index in [0.29, 0.717) is 0 Å². The first kappa shape index (κ1) is 13.0. The molecule has 0 radical (unpaired) electrons. The molecule has 1 atom stereocenters. The van der Waals surface area contributed by atoms with E-state index in [-0.39, 0.29) is 10.6 Å². The van der Waals surface area contributed by atoms with E-state index in [9.17, 15) is 8.78 Å². The first-order chi connectivity index (χ1) is 8.65. The summed E-state index contributed by atoms with van der Waals surface area (Å²) in [5.41, 5.74) is 0.955. The molecule has 0 aromatic heterocycles. The van der Waals surface area contributed by atoms with Crippen molar-refractivity contribution in [1.29, 1.82) is 0 Å². The van der Waals surface area contributed by atoms with Gasteiger partial charge in [-0.05, 0) is 24.7 Å². The molecule has 1 unspecified atom stereocenters. The van der Waals surface area contributed by atoms with Crippen molar-refractivity contribution in [2.45, 2.75) is 6.04 Å². The second-order valence-corrected chi connectivity index (χ2v) is 4.30. The highest BCUT2D eigenvalue weighted by Gasteiger charge is 2.21. The van der Waals surface area contributed by atoms with Crippen molar-refractivity contribution < 1.29 is 8.78 Å². The number of rotatable bonds is 3. The molecule has 0 bridgehead atoms. The first-order valence-electron chi connectivity index (χ1n) is 5.50. The Morgan fingerprint density at radius 1 is 1.06 bits per heavy atom. The Kier molecular flexibility index (Phi) is 3.94. The van der Waals surface area contributed by atoms with Gasteiger partial charge in [-0.25, -0.2) is 8.78 Å². The van der Waals surface area contributed by atoms with Gasteiger partial charge in [0.2, 0.25) is 0 Å². The summed E-state index contributed by atoms with van der Waals surface area (Å²) in [6, 6.07) is 11.1.